The molecule has 3 heteroatoms. The minimum atomic E-state index is 0.597. The zero-order valence-corrected chi connectivity index (χ0v) is 11.8. The molecule has 1 heterocycles. The van der Waals surface area contributed by atoms with Gasteiger partial charge in [0.1, 0.15) is 0 Å². The average molecular weight is 237 g/mol. The van der Waals surface area contributed by atoms with Crippen LogP contribution in [0.1, 0.15) is 51.4 Å². The Bertz CT molecular complexity index is 317. The number of hydrogen-bond donors (Lipinski definition) is 1. The largest absolute Gasteiger partial charge is 0.314 e. The lowest BCUT2D eigenvalue weighted by Crippen LogP contribution is -2.32. The molecule has 1 atom stereocenters. The van der Waals surface area contributed by atoms with Crippen molar-refractivity contribution in [3.05, 3.63) is 17.5 Å². The lowest BCUT2D eigenvalue weighted by molar-refractivity contribution is 0.461. The minimum Gasteiger partial charge on any atom is -0.314 e. The standard InChI is InChI=1S/C14H27N3/c1-5-8-13(15-9-6-2)11-14-10-12(7-3)16-17(14)4/h10,13,15H,5-9,11H2,1-4H3. The van der Waals surface area contributed by atoms with Gasteiger partial charge in [0.05, 0.1) is 5.69 Å². The lowest BCUT2D eigenvalue weighted by atomic mass is 10.1. The van der Waals surface area contributed by atoms with E-state index in [2.05, 4.69) is 44.3 Å². The Hall–Kier alpha value is -0.830. The molecule has 0 saturated heterocycles. The lowest BCUT2D eigenvalue weighted by Gasteiger charge is -2.17. The SMILES string of the molecule is CCCNC(CCC)Cc1cc(CC)nn1C. The predicted molar refractivity (Wildman–Crippen MR) is 73.3 cm³/mol. The highest BCUT2D eigenvalue weighted by atomic mass is 15.3. The number of nitrogens with one attached hydrogen (secondary N) is 1. The summed E-state index contributed by atoms with van der Waals surface area (Å²) in [4.78, 5) is 0. The molecule has 1 aromatic rings. The van der Waals surface area contributed by atoms with Gasteiger partial charge in [-0.05, 0) is 31.9 Å². The Morgan fingerprint density at radius 2 is 2.06 bits per heavy atom. The molecule has 0 spiro atoms. The van der Waals surface area contributed by atoms with E-state index in [1.165, 1.54) is 30.7 Å². The second-order valence-electron chi connectivity index (χ2n) is 4.75. The molecule has 1 rings (SSSR count). The summed E-state index contributed by atoms with van der Waals surface area (Å²) in [7, 11) is 2.05. The molecule has 0 bridgehead atoms. The molecule has 0 radical (unpaired) electrons. The van der Waals surface area contributed by atoms with E-state index in [-0.39, 0.29) is 0 Å². The molecule has 0 aliphatic carbocycles. The van der Waals surface area contributed by atoms with Crippen LogP contribution in [-0.4, -0.2) is 22.4 Å². The van der Waals surface area contributed by atoms with Crippen LogP contribution in [0.4, 0.5) is 0 Å². The van der Waals surface area contributed by atoms with E-state index in [1.54, 1.807) is 0 Å². The Labute approximate surface area is 106 Å². The third-order valence-electron chi connectivity index (χ3n) is 3.17. The fourth-order valence-electron chi connectivity index (χ4n) is 2.16. The van der Waals surface area contributed by atoms with Gasteiger partial charge in [0, 0.05) is 25.2 Å². The fraction of sp³-hybridized carbons (Fsp3) is 0.786. The second-order valence-corrected chi connectivity index (χ2v) is 4.75. The molecular weight excluding hydrogens is 210 g/mol. The molecule has 0 fully saturated rings. The van der Waals surface area contributed by atoms with Crippen LogP contribution in [0.15, 0.2) is 6.07 Å². The molecule has 0 amide bonds. The zero-order chi connectivity index (χ0) is 12.7. The van der Waals surface area contributed by atoms with E-state index in [1.807, 2.05) is 4.68 Å². The number of nitrogens with zero attached hydrogens (tertiary/aromatic N) is 2. The van der Waals surface area contributed by atoms with Crippen molar-refractivity contribution in [2.75, 3.05) is 6.54 Å². The van der Waals surface area contributed by atoms with E-state index >= 15 is 0 Å². The number of rotatable bonds is 8. The molecule has 0 aromatic carbocycles. The molecule has 0 saturated carbocycles. The molecule has 1 aromatic heterocycles. The van der Waals surface area contributed by atoms with Crippen LogP contribution >= 0.6 is 0 Å². The van der Waals surface area contributed by atoms with Gasteiger partial charge in [0.25, 0.3) is 0 Å². The first-order valence-electron chi connectivity index (χ1n) is 6.96. The third-order valence-corrected chi connectivity index (χ3v) is 3.17. The van der Waals surface area contributed by atoms with E-state index in [4.69, 9.17) is 0 Å². The maximum atomic E-state index is 4.51. The highest BCUT2D eigenvalue weighted by Gasteiger charge is 2.11. The summed E-state index contributed by atoms with van der Waals surface area (Å²) in [5.74, 6) is 0. The van der Waals surface area contributed by atoms with Crippen LogP contribution < -0.4 is 5.32 Å². The summed E-state index contributed by atoms with van der Waals surface area (Å²) in [6.07, 6.45) is 5.80. The summed E-state index contributed by atoms with van der Waals surface area (Å²) >= 11 is 0. The molecule has 17 heavy (non-hydrogen) atoms. The molecular formula is C14H27N3. The third kappa shape index (κ3) is 4.50. The number of aromatic nitrogens is 2. The van der Waals surface area contributed by atoms with Gasteiger partial charge in [-0.2, -0.15) is 5.10 Å². The van der Waals surface area contributed by atoms with Gasteiger partial charge in [-0.1, -0.05) is 27.2 Å². The summed E-state index contributed by atoms with van der Waals surface area (Å²) < 4.78 is 2.04. The van der Waals surface area contributed by atoms with E-state index in [0.29, 0.717) is 6.04 Å². The Kier molecular flexibility index (Phi) is 6.27. The summed E-state index contributed by atoms with van der Waals surface area (Å²) in [6.45, 7) is 7.74. The predicted octanol–water partition coefficient (Wildman–Crippen LogP) is 2.69. The monoisotopic (exact) mass is 237 g/mol. The fourth-order valence-corrected chi connectivity index (χ4v) is 2.16. The normalized spacial score (nSPS) is 12.9. The van der Waals surface area contributed by atoms with Crippen molar-refractivity contribution < 1.29 is 0 Å². The number of aryl methyl sites for hydroxylation is 2. The minimum absolute atomic E-state index is 0.597. The van der Waals surface area contributed by atoms with Crippen LogP contribution in [0.2, 0.25) is 0 Å². The van der Waals surface area contributed by atoms with E-state index in [0.717, 1.165) is 19.4 Å². The van der Waals surface area contributed by atoms with Crippen LogP contribution in [0.5, 0.6) is 0 Å². The van der Waals surface area contributed by atoms with Crippen molar-refractivity contribution in [1.29, 1.82) is 0 Å². The Morgan fingerprint density at radius 1 is 1.29 bits per heavy atom. The molecule has 98 valence electrons. The average Bonchev–Trinajstić information content (AvgIpc) is 2.67. The second kappa shape index (κ2) is 7.49. The maximum absolute atomic E-state index is 4.51. The van der Waals surface area contributed by atoms with Gasteiger partial charge in [-0.3, -0.25) is 4.68 Å². The summed E-state index contributed by atoms with van der Waals surface area (Å²) in [6, 6.07) is 2.84. The van der Waals surface area contributed by atoms with Crippen molar-refractivity contribution in [2.45, 2.75) is 58.9 Å². The van der Waals surface area contributed by atoms with Gasteiger partial charge in [0.15, 0.2) is 0 Å². The van der Waals surface area contributed by atoms with Crippen LogP contribution in [0, 0.1) is 0 Å². The van der Waals surface area contributed by atoms with Gasteiger partial charge < -0.3 is 5.32 Å². The van der Waals surface area contributed by atoms with Gasteiger partial charge >= 0.3 is 0 Å². The van der Waals surface area contributed by atoms with Crippen molar-refractivity contribution in [2.24, 2.45) is 7.05 Å². The smallest absolute Gasteiger partial charge is 0.0624 e. The quantitative estimate of drug-likeness (QED) is 0.753. The first-order valence-corrected chi connectivity index (χ1v) is 6.96. The zero-order valence-electron chi connectivity index (χ0n) is 11.8. The van der Waals surface area contributed by atoms with E-state index < -0.39 is 0 Å². The van der Waals surface area contributed by atoms with E-state index in [9.17, 15) is 0 Å². The summed E-state index contributed by atoms with van der Waals surface area (Å²) in [5.41, 5.74) is 2.55. The topological polar surface area (TPSA) is 29.9 Å². The maximum Gasteiger partial charge on any atom is 0.0624 e. The highest BCUT2D eigenvalue weighted by molar-refractivity contribution is 5.11. The Balaban J connectivity index is 2.60. The molecule has 3 nitrogen and oxygen atoms in total. The first-order chi connectivity index (χ1) is 8.21. The van der Waals surface area contributed by atoms with Crippen LogP contribution in [0.3, 0.4) is 0 Å². The van der Waals surface area contributed by atoms with Gasteiger partial charge in [0.2, 0.25) is 0 Å². The van der Waals surface area contributed by atoms with Crippen molar-refractivity contribution in [3.63, 3.8) is 0 Å². The highest BCUT2D eigenvalue weighted by Crippen LogP contribution is 2.10. The Morgan fingerprint density at radius 3 is 2.59 bits per heavy atom. The van der Waals surface area contributed by atoms with Crippen molar-refractivity contribution in [3.8, 4) is 0 Å². The van der Waals surface area contributed by atoms with Crippen molar-refractivity contribution in [1.82, 2.24) is 15.1 Å². The van der Waals surface area contributed by atoms with Crippen LogP contribution in [-0.2, 0) is 19.9 Å². The van der Waals surface area contributed by atoms with Crippen LogP contribution in [0.25, 0.3) is 0 Å². The molecule has 1 unspecified atom stereocenters. The number of hydrogen-bond acceptors (Lipinski definition) is 2. The first kappa shape index (κ1) is 14.2. The summed E-state index contributed by atoms with van der Waals surface area (Å²) in [5, 5.41) is 8.14. The molecule has 0 aliphatic heterocycles. The van der Waals surface area contributed by atoms with Crippen molar-refractivity contribution >= 4 is 0 Å². The van der Waals surface area contributed by atoms with Gasteiger partial charge in [-0.15, -0.1) is 0 Å². The molecule has 0 aliphatic rings. The van der Waals surface area contributed by atoms with Gasteiger partial charge in [-0.25, -0.2) is 0 Å². The molecule has 1 N–H and O–H groups in total.